The number of para-hydroxylation sites is 1. The van der Waals surface area contributed by atoms with Crippen LogP contribution < -0.4 is 11.3 Å². The summed E-state index contributed by atoms with van der Waals surface area (Å²) in [5.41, 5.74) is -1.57. The minimum Gasteiger partial charge on any atom is -0.512 e. The Hall–Kier alpha value is -3.68. The fourth-order valence-electron chi connectivity index (χ4n) is 2.44. The molecule has 0 saturated heterocycles. The van der Waals surface area contributed by atoms with Gasteiger partial charge in [-0.2, -0.15) is 0 Å². The molecule has 2 heterocycles. The van der Waals surface area contributed by atoms with E-state index in [1.165, 1.54) is 13.0 Å². The maximum absolute atomic E-state index is 12.3. The van der Waals surface area contributed by atoms with E-state index in [2.05, 4.69) is 4.99 Å². The largest absolute Gasteiger partial charge is 0.512 e. The highest BCUT2D eigenvalue weighted by Gasteiger charge is 2.15. The van der Waals surface area contributed by atoms with Gasteiger partial charge in [0.1, 0.15) is 28.0 Å². The number of nitrogens with zero attached hydrogens (tertiary/aromatic N) is 1. The lowest BCUT2D eigenvalue weighted by atomic mass is 10.2. The first-order valence-electron chi connectivity index (χ1n) is 8.03. The molecule has 8 nitrogen and oxygen atoms in total. The van der Waals surface area contributed by atoms with Crippen molar-refractivity contribution in [3.05, 3.63) is 62.5 Å². The molecule has 0 atom stereocenters. The van der Waals surface area contributed by atoms with Crippen LogP contribution in [0.4, 0.5) is 5.69 Å². The number of aliphatic hydroxyl groups excluding tert-OH is 1. The molecule has 0 radical (unpaired) electrons. The smallest absolute Gasteiger partial charge is 0.362 e. The quantitative estimate of drug-likeness (QED) is 0.187. The zero-order valence-corrected chi connectivity index (χ0v) is 14.5. The Bertz CT molecular complexity index is 1210. The van der Waals surface area contributed by atoms with Crippen LogP contribution in [0.5, 0.6) is 0 Å². The SMILES string of the molecule is CCOC(=O)/C(C=Nc1cc2c(=O)oc3ccccc3c2oc1=O)=C(\C)O. The lowest BCUT2D eigenvalue weighted by Gasteiger charge is -2.03. The lowest BCUT2D eigenvalue weighted by Crippen LogP contribution is -2.11. The van der Waals surface area contributed by atoms with Crippen molar-refractivity contribution < 1.29 is 23.5 Å². The summed E-state index contributed by atoms with van der Waals surface area (Å²) in [7, 11) is 0. The number of benzene rings is 1. The number of allylic oxidation sites excluding steroid dienone is 1. The van der Waals surface area contributed by atoms with E-state index in [4.69, 9.17) is 13.6 Å². The van der Waals surface area contributed by atoms with Gasteiger partial charge in [-0.1, -0.05) is 12.1 Å². The molecule has 2 aromatic heterocycles. The zero-order chi connectivity index (χ0) is 19.6. The molecule has 0 aliphatic carbocycles. The van der Waals surface area contributed by atoms with Crippen LogP contribution in [0.15, 0.2) is 65.1 Å². The molecule has 138 valence electrons. The summed E-state index contributed by atoms with van der Waals surface area (Å²) in [4.78, 5) is 40.1. The van der Waals surface area contributed by atoms with Crippen molar-refractivity contribution in [3.8, 4) is 0 Å². The van der Waals surface area contributed by atoms with Crippen LogP contribution >= 0.6 is 0 Å². The van der Waals surface area contributed by atoms with Gasteiger partial charge >= 0.3 is 17.2 Å². The minimum atomic E-state index is -0.812. The van der Waals surface area contributed by atoms with Gasteiger partial charge in [0.05, 0.1) is 12.0 Å². The maximum Gasteiger partial charge on any atom is 0.362 e. The van der Waals surface area contributed by atoms with Gasteiger partial charge in [-0.3, -0.25) is 0 Å². The number of ether oxygens (including phenoxy) is 1. The molecule has 0 amide bonds. The minimum absolute atomic E-state index is 0.0304. The molecule has 0 aliphatic rings. The molecular formula is C19H15NO7. The van der Waals surface area contributed by atoms with E-state index in [9.17, 15) is 19.5 Å². The van der Waals surface area contributed by atoms with Crippen LogP contribution in [-0.4, -0.2) is 23.9 Å². The van der Waals surface area contributed by atoms with E-state index < -0.39 is 17.2 Å². The fourth-order valence-corrected chi connectivity index (χ4v) is 2.44. The maximum atomic E-state index is 12.3. The second-order valence-electron chi connectivity index (χ2n) is 5.53. The predicted octanol–water partition coefficient (Wildman–Crippen LogP) is 3.00. The average molecular weight is 369 g/mol. The van der Waals surface area contributed by atoms with E-state index in [0.717, 1.165) is 6.21 Å². The lowest BCUT2D eigenvalue weighted by molar-refractivity contribution is -0.138. The van der Waals surface area contributed by atoms with Crippen LogP contribution in [0, 0.1) is 0 Å². The van der Waals surface area contributed by atoms with Crippen molar-refractivity contribution in [1.29, 1.82) is 0 Å². The van der Waals surface area contributed by atoms with E-state index in [1.54, 1.807) is 31.2 Å². The molecule has 27 heavy (non-hydrogen) atoms. The number of carbonyl (C=O) groups is 1. The summed E-state index contributed by atoms with van der Waals surface area (Å²) in [6.45, 7) is 3.00. The van der Waals surface area contributed by atoms with Gasteiger partial charge in [0.2, 0.25) is 0 Å². The second kappa shape index (κ2) is 7.28. The Morgan fingerprint density at radius 1 is 1.19 bits per heavy atom. The van der Waals surface area contributed by atoms with Gasteiger partial charge in [-0.25, -0.2) is 19.4 Å². The molecule has 0 saturated carbocycles. The van der Waals surface area contributed by atoms with E-state index >= 15 is 0 Å². The van der Waals surface area contributed by atoms with Crippen LogP contribution in [0.2, 0.25) is 0 Å². The number of fused-ring (bicyclic) bond motifs is 3. The molecule has 0 aliphatic heterocycles. The number of aliphatic imine (C=N–C) groups is 1. The summed E-state index contributed by atoms with van der Waals surface area (Å²) >= 11 is 0. The van der Waals surface area contributed by atoms with Gasteiger partial charge in [0, 0.05) is 6.21 Å². The van der Waals surface area contributed by atoms with E-state index in [1.807, 2.05) is 0 Å². The number of carbonyl (C=O) groups excluding carboxylic acids is 1. The summed E-state index contributed by atoms with van der Waals surface area (Å²) in [5.74, 6) is -1.12. The topological polar surface area (TPSA) is 119 Å². The van der Waals surface area contributed by atoms with Gasteiger partial charge in [-0.05, 0) is 32.0 Å². The molecule has 0 unspecified atom stereocenters. The van der Waals surface area contributed by atoms with Gasteiger partial charge < -0.3 is 18.7 Å². The number of hydrogen-bond donors (Lipinski definition) is 1. The highest BCUT2D eigenvalue weighted by atomic mass is 16.5. The summed E-state index contributed by atoms with van der Waals surface area (Å²) < 4.78 is 15.3. The predicted molar refractivity (Wildman–Crippen MR) is 98.6 cm³/mol. The number of esters is 1. The Kier molecular flexibility index (Phi) is 4.89. The van der Waals surface area contributed by atoms with E-state index in [0.29, 0.717) is 5.39 Å². The van der Waals surface area contributed by atoms with Crippen molar-refractivity contribution >= 4 is 39.8 Å². The van der Waals surface area contributed by atoms with Crippen molar-refractivity contribution in [2.24, 2.45) is 4.99 Å². The standard InChI is InChI=1S/C19H15NO7/c1-3-25-17(22)13(10(2)21)9-20-14-8-12-16(27-19(14)24)11-6-4-5-7-15(11)26-18(12)23/h4-9,21H,3H2,1-2H3/b13-10+,20-9?. The Labute approximate surface area is 152 Å². The molecule has 0 fully saturated rings. The van der Waals surface area contributed by atoms with Crippen molar-refractivity contribution in [2.45, 2.75) is 13.8 Å². The molecule has 0 bridgehead atoms. The number of rotatable bonds is 4. The second-order valence-corrected chi connectivity index (χ2v) is 5.53. The number of aliphatic hydroxyl groups is 1. The summed E-state index contributed by atoms with van der Waals surface area (Å²) in [5, 5.41) is 10.1. The molecule has 1 aromatic carbocycles. The first kappa shape index (κ1) is 18.1. The molecule has 1 N–H and O–H groups in total. The van der Waals surface area contributed by atoms with Crippen LogP contribution in [0.25, 0.3) is 21.9 Å². The third-order valence-electron chi connectivity index (χ3n) is 3.70. The summed E-state index contributed by atoms with van der Waals surface area (Å²) in [6, 6.07) is 7.86. The molecule has 3 aromatic rings. The summed E-state index contributed by atoms with van der Waals surface area (Å²) in [6.07, 6.45) is 0.980. The van der Waals surface area contributed by atoms with Crippen LogP contribution in [0.1, 0.15) is 13.8 Å². The van der Waals surface area contributed by atoms with Crippen LogP contribution in [0.3, 0.4) is 0 Å². The van der Waals surface area contributed by atoms with E-state index in [-0.39, 0.29) is 40.2 Å². The Morgan fingerprint density at radius 2 is 1.93 bits per heavy atom. The molecule has 0 spiro atoms. The third kappa shape index (κ3) is 3.50. The van der Waals surface area contributed by atoms with Crippen LogP contribution in [-0.2, 0) is 9.53 Å². The monoisotopic (exact) mass is 369 g/mol. The fraction of sp³-hybridized carbons (Fsp3) is 0.158. The van der Waals surface area contributed by atoms with Gasteiger partial charge in [0.25, 0.3) is 0 Å². The van der Waals surface area contributed by atoms with Gasteiger partial charge in [-0.15, -0.1) is 0 Å². The third-order valence-corrected chi connectivity index (χ3v) is 3.70. The Balaban J connectivity index is 2.15. The first-order chi connectivity index (χ1) is 12.9. The number of hydrogen-bond acceptors (Lipinski definition) is 8. The molecule has 8 heteroatoms. The normalized spacial score (nSPS) is 12.5. The molecular weight excluding hydrogens is 354 g/mol. The van der Waals surface area contributed by atoms with Crippen molar-refractivity contribution in [3.63, 3.8) is 0 Å². The average Bonchev–Trinajstić information content (AvgIpc) is 2.62. The zero-order valence-electron chi connectivity index (χ0n) is 14.5. The highest BCUT2D eigenvalue weighted by Crippen LogP contribution is 2.23. The van der Waals surface area contributed by atoms with Crippen molar-refractivity contribution in [2.75, 3.05) is 6.61 Å². The highest BCUT2D eigenvalue weighted by molar-refractivity contribution is 6.10. The first-order valence-corrected chi connectivity index (χ1v) is 8.03. The van der Waals surface area contributed by atoms with Gasteiger partial charge in [0.15, 0.2) is 5.58 Å². The van der Waals surface area contributed by atoms with Crippen molar-refractivity contribution in [1.82, 2.24) is 0 Å². The molecule has 3 rings (SSSR count). The Morgan fingerprint density at radius 3 is 2.63 bits per heavy atom.